The molecule has 3 N–H and O–H groups in total. The molecule has 0 saturated carbocycles. The fourth-order valence-electron chi connectivity index (χ4n) is 3.06. The number of likely N-dealkylation sites (tertiary alicyclic amines) is 1. The minimum atomic E-state index is -4.07. The molecule has 0 radical (unpaired) electrons. The molecule has 27 heavy (non-hydrogen) atoms. The summed E-state index contributed by atoms with van der Waals surface area (Å²) in [5.74, 6) is -1.93. The maximum Gasteiger partial charge on any atom is 0.243 e. The quantitative estimate of drug-likeness (QED) is 0.586. The van der Waals surface area contributed by atoms with Gasteiger partial charge in [-0.1, -0.05) is 15.9 Å². The molecule has 2 aromatic carbocycles. The first-order chi connectivity index (χ1) is 12.7. The molecule has 0 aromatic heterocycles. The number of sulfonamides is 1. The van der Waals surface area contributed by atoms with E-state index in [1.54, 1.807) is 0 Å². The Morgan fingerprint density at radius 3 is 2.67 bits per heavy atom. The average Bonchev–Trinajstić information content (AvgIpc) is 2.98. The molecule has 1 saturated heterocycles. The molecule has 2 aromatic rings. The summed E-state index contributed by atoms with van der Waals surface area (Å²) in [6.07, 6.45) is 0.580. The Hall–Kier alpha value is -1.07. The van der Waals surface area contributed by atoms with Crippen molar-refractivity contribution in [3.63, 3.8) is 0 Å². The van der Waals surface area contributed by atoms with Crippen LogP contribution in [0.1, 0.15) is 12.0 Å². The number of nitrogens with one attached hydrogen (secondary N) is 1. The predicted octanol–water partition coefficient (Wildman–Crippen LogP) is 3.62. The normalized spacial score (nSPS) is 18.1. The zero-order valence-electron chi connectivity index (χ0n) is 14.1. The summed E-state index contributed by atoms with van der Waals surface area (Å²) in [7, 11) is -4.07. The van der Waals surface area contributed by atoms with Crippen molar-refractivity contribution in [1.29, 1.82) is 0 Å². The molecule has 1 fully saturated rings. The van der Waals surface area contributed by atoms with Crippen molar-refractivity contribution in [2.45, 2.75) is 23.9 Å². The second-order valence-corrected chi connectivity index (χ2v) is 9.83. The van der Waals surface area contributed by atoms with Crippen LogP contribution >= 0.6 is 31.9 Å². The van der Waals surface area contributed by atoms with Gasteiger partial charge in [-0.15, -0.1) is 0 Å². The van der Waals surface area contributed by atoms with E-state index < -0.39 is 26.6 Å². The summed E-state index contributed by atoms with van der Waals surface area (Å²) in [6.45, 7) is 1.70. The molecule has 10 heteroatoms. The van der Waals surface area contributed by atoms with Gasteiger partial charge >= 0.3 is 0 Å². The standard InChI is InChI=1S/C17H17Br2F2N3O2S/c18-11-5-10(17(22)14(19)6-11)8-24-4-3-13(9-24)23-27(25,26)16-2-1-12(20)7-15(16)21/h1-2,5-7,13,23H,3-4,8-9,22H2/t13-/m1/s1. The Bertz CT molecular complexity index is 973. The summed E-state index contributed by atoms with van der Waals surface area (Å²) < 4.78 is 55.8. The highest BCUT2D eigenvalue weighted by atomic mass is 79.9. The molecule has 1 aliphatic rings. The molecule has 1 heterocycles. The lowest BCUT2D eigenvalue weighted by molar-refractivity contribution is 0.325. The van der Waals surface area contributed by atoms with Crippen LogP contribution in [0.3, 0.4) is 0 Å². The van der Waals surface area contributed by atoms with Gasteiger partial charge in [0.05, 0.1) is 5.69 Å². The smallest absolute Gasteiger partial charge is 0.243 e. The fourth-order valence-corrected chi connectivity index (χ4v) is 5.69. The Labute approximate surface area is 173 Å². The highest BCUT2D eigenvalue weighted by Gasteiger charge is 2.29. The first kappa shape index (κ1) is 20.7. The van der Waals surface area contributed by atoms with Crippen LogP contribution in [0.2, 0.25) is 0 Å². The van der Waals surface area contributed by atoms with E-state index in [4.69, 9.17) is 5.73 Å². The van der Waals surface area contributed by atoms with E-state index in [2.05, 4.69) is 41.5 Å². The number of nitrogens with zero attached hydrogens (tertiary/aromatic N) is 1. The second-order valence-electron chi connectivity index (χ2n) is 6.38. The zero-order chi connectivity index (χ0) is 19.8. The van der Waals surface area contributed by atoms with Crippen molar-refractivity contribution < 1.29 is 17.2 Å². The summed E-state index contributed by atoms with van der Waals surface area (Å²) in [4.78, 5) is 1.52. The number of nitrogen functional groups attached to an aromatic ring is 1. The number of nitrogens with two attached hydrogens (primary N) is 1. The second kappa shape index (κ2) is 8.12. The van der Waals surface area contributed by atoms with Crippen LogP contribution in [0.15, 0.2) is 44.2 Å². The Morgan fingerprint density at radius 2 is 1.96 bits per heavy atom. The number of hydrogen-bond acceptors (Lipinski definition) is 4. The maximum absolute atomic E-state index is 13.8. The van der Waals surface area contributed by atoms with E-state index in [0.29, 0.717) is 37.8 Å². The SMILES string of the molecule is Nc1c(Br)cc(Br)cc1CN1CC[C@@H](NS(=O)(=O)c2ccc(F)cc2F)C1. The third-order valence-electron chi connectivity index (χ3n) is 4.35. The first-order valence-electron chi connectivity index (χ1n) is 8.09. The van der Waals surface area contributed by atoms with Crippen LogP contribution < -0.4 is 10.5 Å². The minimum absolute atomic E-state index is 0.365. The van der Waals surface area contributed by atoms with Gasteiger partial charge in [-0.3, -0.25) is 4.90 Å². The van der Waals surface area contributed by atoms with Crippen molar-refractivity contribution in [2.24, 2.45) is 0 Å². The van der Waals surface area contributed by atoms with E-state index in [-0.39, 0.29) is 6.04 Å². The fraction of sp³-hybridized carbons (Fsp3) is 0.294. The predicted molar refractivity (Wildman–Crippen MR) is 107 cm³/mol. The van der Waals surface area contributed by atoms with E-state index in [9.17, 15) is 17.2 Å². The molecule has 5 nitrogen and oxygen atoms in total. The molecule has 0 bridgehead atoms. The number of anilines is 1. The molecular weight excluding hydrogens is 508 g/mol. The van der Waals surface area contributed by atoms with Gasteiger partial charge in [0.2, 0.25) is 10.0 Å². The Balaban J connectivity index is 1.68. The van der Waals surface area contributed by atoms with Crippen LogP contribution in [0.5, 0.6) is 0 Å². The van der Waals surface area contributed by atoms with Gasteiger partial charge in [0.15, 0.2) is 0 Å². The average molecular weight is 525 g/mol. The molecular formula is C17H17Br2F2N3O2S. The summed E-state index contributed by atoms with van der Waals surface area (Å²) in [5, 5.41) is 0. The van der Waals surface area contributed by atoms with Gasteiger partial charge in [0.1, 0.15) is 16.5 Å². The first-order valence-corrected chi connectivity index (χ1v) is 11.2. The van der Waals surface area contributed by atoms with Crippen molar-refractivity contribution in [3.05, 3.63) is 56.5 Å². The third kappa shape index (κ3) is 4.86. The Morgan fingerprint density at radius 1 is 1.22 bits per heavy atom. The molecule has 3 rings (SSSR count). The van der Waals surface area contributed by atoms with Crippen molar-refractivity contribution in [2.75, 3.05) is 18.8 Å². The Kier molecular flexibility index (Phi) is 6.21. The maximum atomic E-state index is 13.8. The van der Waals surface area contributed by atoms with Gasteiger partial charge in [-0.2, -0.15) is 0 Å². The molecule has 0 spiro atoms. The molecule has 1 atom stereocenters. The van der Waals surface area contributed by atoms with Gasteiger partial charge in [-0.25, -0.2) is 21.9 Å². The van der Waals surface area contributed by atoms with Crippen LogP contribution in [-0.2, 0) is 16.6 Å². The van der Waals surface area contributed by atoms with Crippen LogP contribution in [-0.4, -0.2) is 32.4 Å². The largest absolute Gasteiger partial charge is 0.398 e. The number of benzene rings is 2. The monoisotopic (exact) mass is 523 g/mol. The van der Waals surface area contributed by atoms with E-state index in [1.807, 2.05) is 12.1 Å². The lowest BCUT2D eigenvalue weighted by atomic mass is 10.2. The summed E-state index contributed by atoms with van der Waals surface area (Å²) in [6, 6.07) is 5.83. The van der Waals surface area contributed by atoms with Gasteiger partial charge in [-0.05, 0) is 52.2 Å². The van der Waals surface area contributed by atoms with Crippen LogP contribution in [0.4, 0.5) is 14.5 Å². The van der Waals surface area contributed by atoms with E-state index in [0.717, 1.165) is 26.6 Å². The minimum Gasteiger partial charge on any atom is -0.398 e. The van der Waals surface area contributed by atoms with Crippen LogP contribution in [0, 0.1) is 11.6 Å². The highest BCUT2D eigenvalue weighted by Crippen LogP contribution is 2.30. The van der Waals surface area contributed by atoms with Gasteiger partial charge < -0.3 is 5.73 Å². The van der Waals surface area contributed by atoms with E-state index >= 15 is 0 Å². The highest BCUT2D eigenvalue weighted by molar-refractivity contribution is 9.11. The lowest BCUT2D eigenvalue weighted by Crippen LogP contribution is -2.37. The topological polar surface area (TPSA) is 75.4 Å². The molecule has 146 valence electrons. The summed E-state index contributed by atoms with van der Waals surface area (Å²) >= 11 is 6.84. The molecule has 1 aliphatic heterocycles. The van der Waals surface area contributed by atoms with Gasteiger partial charge in [0, 0.05) is 40.7 Å². The third-order valence-corrected chi connectivity index (χ3v) is 7.02. The van der Waals surface area contributed by atoms with Crippen molar-refractivity contribution in [1.82, 2.24) is 9.62 Å². The molecule has 0 amide bonds. The molecule has 0 aliphatic carbocycles. The number of rotatable bonds is 5. The number of hydrogen-bond donors (Lipinski definition) is 2. The van der Waals surface area contributed by atoms with Crippen molar-refractivity contribution >= 4 is 47.6 Å². The number of halogens is 4. The van der Waals surface area contributed by atoms with Crippen LogP contribution in [0.25, 0.3) is 0 Å². The van der Waals surface area contributed by atoms with Crippen molar-refractivity contribution in [3.8, 4) is 0 Å². The van der Waals surface area contributed by atoms with E-state index in [1.165, 1.54) is 0 Å². The van der Waals surface area contributed by atoms with Gasteiger partial charge in [0.25, 0.3) is 0 Å². The lowest BCUT2D eigenvalue weighted by Gasteiger charge is -2.19. The zero-order valence-corrected chi connectivity index (χ0v) is 18.0. The molecule has 0 unspecified atom stereocenters. The summed E-state index contributed by atoms with van der Waals surface area (Å²) in [5.41, 5.74) is 7.65.